The summed E-state index contributed by atoms with van der Waals surface area (Å²) in [7, 11) is 1.62. The zero-order valence-corrected chi connectivity index (χ0v) is 18.4. The van der Waals surface area contributed by atoms with Gasteiger partial charge in [-0.25, -0.2) is 24.7 Å². The average molecular weight is 465 g/mol. The smallest absolute Gasteiger partial charge is 0.387 e. The second-order valence-electron chi connectivity index (χ2n) is 8.05. The number of hydrogen-bond donors (Lipinski definition) is 3. The molecule has 1 aliphatic heterocycles. The lowest BCUT2D eigenvalue weighted by Crippen LogP contribution is -2.36. The highest BCUT2D eigenvalue weighted by Gasteiger charge is 2.28. The van der Waals surface area contributed by atoms with Crippen molar-refractivity contribution in [2.45, 2.75) is 31.2 Å². The van der Waals surface area contributed by atoms with Crippen molar-refractivity contribution in [3.63, 3.8) is 0 Å². The van der Waals surface area contributed by atoms with Crippen LogP contribution in [0.5, 0.6) is 5.88 Å². The number of anilines is 3. The molecule has 0 unspecified atom stereocenters. The van der Waals surface area contributed by atoms with Gasteiger partial charge in [0, 0.05) is 19.6 Å². The van der Waals surface area contributed by atoms with E-state index in [-0.39, 0.29) is 35.0 Å². The summed E-state index contributed by atoms with van der Waals surface area (Å²) in [5.74, 6) is 0.177. The molecule has 0 radical (unpaired) electrons. The van der Waals surface area contributed by atoms with Gasteiger partial charge in [0.05, 0.1) is 54.5 Å². The summed E-state index contributed by atoms with van der Waals surface area (Å²) in [6, 6.07) is -0.0850. The molecule has 2 aliphatic rings. The molecule has 0 bridgehead atoms. The number of carbonyl (C=O) groups is 2. The molecule has 3 aromatic heterocycles. The van der Waals surface area contributed by atoms with Gasteiger partial charge in [-0.3, -0.25) is 14.8 Å². The van der Waals surface area contributed by atoms with Gasteiger partial charge in [0.2, 0.25) is 0 Å². The first-order valence-corrected chi connectivity index (χ1v) is 10.8. The maximum Gasteiger partial charge on any atom is 0.418 e. The van der Waals surface area contributed by atoms with E-state index >= 15 is 0 Å². The van der Waals surface area contributed by atoms with Crippen LogP contribution in [0, 0.1) is 0 Å². The molecular weight excluding hydrogens is 442 g/mol. The van der Waals surface area contributed by atoms with Crippen LogP contribution in [-0.2, 0) is 11.8 Å². The molecule has 2 amide bonds. The maximum atomic E-state index is 12.8. The van der Waals surface area contributed by atoms with E-state index in [9.17, 15) is 9.59 Å². The molecule has 2 fully saturated rings. The van der Waals surface area contributed by atoms with E-state index in [1.54, 1.807) is 25.6 Å². The largest absolute Gasteiger partial charge is 0.418 e. The third-order valence-corrected chi connectivity index (χ3v) is 5.42. The van der Waals surface area contributed by atoms with Gasteiger partial charge in [-0.2, -0.15) is 5.10 Å². The Hall–Kier alpha value is -4.13. The quantitative estimate of drug-likeness (QED) is 0.469. The van der Waals surface area contributed by atoms with Gasteiger partial charge in [0.25, 0.3) is 11.8 Å². The van der Waals surface area contributed by atoms with Gasteiger partial charge >= 0.3 is 6.09 Å². The number of hydrogen-bond acceptors (Lipinski definition) is 10. The fourth-order valence-corrected chi connectivity index (χ4v) is 3.54. The Balaban J connectivity index is 1.32. The van der Waals surface area contributed by atoms with Crippen LogP contribution in [0.25, 0.3) is 0 Å². The fraction of sp³-hybridized carbons (Fsp3) is 0.381. The minimum absolute atomic E-state index is 0.00347. The minimum Gasteiger partial charge on any atom is -0.387 e. The zero-order valence-electron chi connectivity index (χ0n) is 18.4. The van der Waals surface area contributed by atoms with Crippen LogP contribution in [0.2, 0.25) is 0 Å². The fourth-order valence-electron chi connectivity index (χ4n) is 3.54. The van der Waals surface area contributed by atoms with Gasteiger partial charge in [-0.05, 0) is 19.3 Å². The minimum atomic E-state index is -0.833. The number of amides is 2. The Kier molecular flexibility index (Phi) is 5.99. The van der Waals surface area contributed by atoms with Crippen molar-refractivity contribution in [1.29, 1.82) is 0 Å². The van der Waals surface area contributed by atoms with Gasteiger partial charge in [-0.15, -0.1) is 0 Å². The summed E-state index contributed by atoms with van der Waals surface area (Å²) in [4.78, 5) is 42.3. The predicted molar refractivity (Wildman–Crippen MR) is 119 cm³/mol. The number of aromatic nitrogens is 6. The second-order valence-corrected chi connectivity index (χ2v) is 8.05. The van der Waals surface area contributed by atoms with E-state index in [0.29, 0.717) is 24.8 Å². The molecule has 13 nitrogen and oxygen atoms in total. The summed E-state index contributed by atoms with van der Waals surface area (Å²) >= 11 is 0. The number of carbonyl (C=O) groups excluding carboxylic acids is 2. The summed E-state index contributed by atoms with van der Waals surface area (Å²) in [6.07, 6.45) is 9.48. The predicted octanol–water partition coefficient (Wildman–Crippen LogP) is 1.75. The molecule has 5 rings (SSSR count). The molecule has 0 aromatic carbocycles. The molecule has 0 spiro atoms. The molecular formula is C21H23N9O4. The Morgan fingerprint density at radius 1 is 1.15 bits per heavy atom. The number of ether oxygens (including phenoxy) is 2. The molecule has 3 aromatic rings. The molecule has 1 atom stereocenters. The first kappa shape index (κ1) is 21.7. The first-order chi connectivity index (χ1) is 16.6. The Bertz CT molecular complexity index is 1190. The lowest BCUT2D eigenvalue weighted by molar-refractivity contribution is 0.0921. The van der Waals surface area contributed by atoms with Crippen molar-refractivity contribution in [2.75, 3.05) is 23.8 Å². The van der Waals surface area contributed by atoms with Crippen LogP contribution in [0.4, 0.5) is 22.0 Å². The average Bonchev–Trinajstić information content (AvgIpc) is 3.44. The van der Waals surface area contributed by atoms with Crippen molar-refractivity contribution in [2.24, 2.45) is 7.05 Å². The highest BCUT2D eigenvalue weighted by molar-refractivity contribution is 6.01. The SMILES string of the molecule is Cn1ncc(NC(=O)Oc2nc(C3CC3)cnc2Nc2cncnc2)c1C(=O)N[C@H]1CCOC1. The highest BCUT2D eigenvalue weighted by atomic mass is 16.6. The van der Waals surface area contributed by atoms with Gasteiger partial charge in [-0.1, -0.05) is 0 Å². The van der Waals surface area contributed by atoms with Crippen molar-refractivity contribution in [3.8, 4) is 5.88 Å². The van der Waals surface area contributed by atoms with Crippen LogP contribution in [0.15, 0.2) is 31.1 Å². The lowest BCUT2D eigenvalue weighted by atomic mass is 10.2. The Labute approximate surface area is 194 Å². The molecule has 34 heavy (non-hydrogen) atoms. The third-order valence-electron chi connectivity index (χ3n) is 5.42. The third kappa shape index (κ3) is 4.93. The molecule has 1 saturated carbocycles. The monoisotopic (exact) mass is 465 g/mol. The number of aryl methyl sites for hydroxylation is 1. The summed E-state index contributed by atoms with van der Waals surface area (Å²) in [5, 5.41) is 12.6. The Morgan fingerprint density at radius 3 is 2.71 bits per heavy atom. The Morgan fingerprint density at radius 2 is 1.97 bits per heavy atom. The van der Waals surface area contributed by atoms with E-state index in [4.69, 9.17) is 9.47 Å². The molecule has 3 N–H and O–H groups in total. The van der Waals surface area contributed by atoms with E-state index in [0.717, 1.165) is 25.0 Å². The number of nitrogens with one attached hydrogen (secondary N) is 3. The normalized spacial score (nSPS) is 17.3. The van der Waals surface area contributed by atoms with Crippen molar-refractivity contribution < 1.29 is 19.1 Å². The van der Waals surface area contributed by atoms with Crippen LogP contribution in [0.3, 0.4) is 0 Å². The van der Waals surface area contributed by atoms with Gasteiger partial charge < -0.3 is 20.1 Å². The lowest BCUT2D eigenvalue weighted by Gasteiger charge is -2.13. The molecule has 1 aliphatic carbocycles. The van der Waals surface area contributed by atoms with E-state index in [1.807, 2.05) is 0 Å². The molecule has 13 heteroatoms. The second kappa shape index (κ2) is 9.39. The molecule has 4 heterocycles. The first-order valence-electron chi connectivity index (χ1n) is 10.8. The van der Waals surface area contributed by atoms with Crippen molar-refractivity contribution in [1.82, 2.24) is 35.0 Å². The van der Waals surface area contributed by atoms with Crippen LogP contribution >= 0.6 is 0 Å². The highest BCUT2D eigenvalue weighted by Crippen LogP contribution is 2.40. The van der Waals surface area contributed by atoms with Crippen molar-refractivity contribution >= 4 is 29.2 Å². The van der Waals surface area contributed by atoms with E-state index < -0.39 is 6.09 Å². The standard InChI is InChI=1S/C21H23N9O4/c1-30-17(19(31)27-13-4-5-33-10-13)16(9-25-30)29-21(32)34-20-18(26-14-6-22-11-23-7-14)24-8-15(28-20)12-2-3-12/h6-9,11-13H,2-5,10H2,1H3,(H,24,26)(H,27,31)(H,29,32)/t13-/m0/s1. The molecule has 1 saturated heterocycles. The van der Waals surface area contributed by atoms with Crippen LogP contribution in [0.1, 0.15) is 41.4 Å². The van der Waals surface area contributed by atoms with Gasteiger partial charge in [0.1, 0.15) is 12.0 Å². The van der Waals surface area contributed by atoms with E-state index in [2.05, 4.69) is 41.0 Å². The maximum absolute atomic E-state index is 12.8. The van der Waals surface area contributed by atoms with Crippen LogP contribution in [-0.4, -0.2) is 61.0 Å². The van der Waals surface area contributed by atoms with Crippen LogP contribution < -0.4 is 20.7 Å². The summed E-state index contributed by atoms with van der Waals surface area (Å²) in [5.41, 5.74) is 1.71. The summed E-state index contributed by atoms with van der Waals surface area (Å²) < 4.78 is 12.2. The number of rotatable bonds is 7. The number of nitrogens with zero attached hydrogens (tertiary/aromatic N) is 6. The van der Waals surface area contributed by atoms with Gasteiger partial charge in [0.15, 0.2) is 5.82 Å². The zero-order chi connectivity index (χ0) is 23.5. The van der Waals surface area contributed by atoms with E-state index in [1.165, 1.54) is 17.2 Å². The topological polar surface area (TPSA) is 158 Å². The molecule has 176 valence electrons. The summed E-state index contributed by atoms with van der Waals surface area (Å²) in [6.45, 7) is 1.05. The van der Waals surface area contributed by atoms with Crippen molar-refractivity contribution in [3.05, 3.63) is 42.5 Å².